The molecule has 1 aliphatic rings. The van der Waals surface area contributed by atoms with Crippen molar-refractivity contribution in [3.8, 4) is 6.07 Å². The Bertz CT molecular complexity index is 1140. The number of nitriles is 1. The molecule has 0 aliphatic carbocycles. The second-order valence-corrected chi connectivity index (χ2v) is 9.41. The third-order valence-electron chi connectivity index (χ3n) is 4.65. The van der Waals surface area contributed by atoms with Gasteiger partial charge in [0, 0.05) is 10.6 Å². The molecule has 172 valence electrons. The molecule has 33 heavy (non-hydrogen) atoms. The number of carbonyl (C=O) groups is 3. The number of fused-ring (bicyclic) bond motifs is 1. The van der Waals surface area contributed by atoms with Gasteiger partial charge in [-0.05, 0) is 50.6 Å². The number of alkyl carbamates (subject to hydrolysis) is 1. The summed E-state index contributed by atoms with van der Waals surface area (Å²) in [7, 11) is 0. The van der Waals surface area contributed by atoms with Crippen molar-refractivity contribution in [2.24, 2.45) is 0 Å². The Hall–Kier alpha value is -3.58. The number of anilines is 1. The minimum Gasteiger partial charge on any atom is -0.478 e. The molecule has 2 N–H and O–H groups in total. The first kappa shape index (κ1) is 24.1. The number of rotatable bonds is 4. The van der Waals surface area contributed by atoms with Crippen molar-refractivity contribution in [2.45, 2.75) is 43.9 Å². The van der Waals surface area contributed by atoms with Crippen molar-refractivity contribution < 1.29 is 28.6 Å². The summed E-state index contributed by atoms with van der Waals surface area (Å²) in [5, 5.41) is 20.9. The van der Waals surface area contributed by atoms with Crippen molar-refractivity contribution in [2.75, 3.05) is 10.7 Å². The summed E-state index contributed by atoms with van der Waals surface area (Å²) >= 11 is 1.13. The number of carboxylic acid groups (broad SMARTS) is 1. The third kappa shape index (κ3) is 5.81. The van der Waals surface area contributed by atoms with E-state index in [2.05, 4.69) is 5.32 Å². The van der Waals surface area contributed by atoms with Gasteiger partial charge in [-0.1, -0.05) is 12.1 Å². The minimum absolute atomic E-state index is 0.0231. The van der Waals surface area contributed by atoms with E-state index in [1.165, 1.54) is 4.90 Å². The Morgan fingerprint density at radius 3 is 2.55 bits per heavy atom. The maximum Gasteiger partial charge on any atom is 0.408 e. The molecule has 3 rings (SSSR count). The van der Waals surface area contributed by atoms with Gasteiger partial charge in [-0.25, -0.2) is 14.0 Å². The van der Waals surface area contributed by atoms with Crippen LogP contribution in [0.2, 0.25) is 0 Å². The molecule has 0 saturated heterocycles. The van der Waals surface area contributed by atoms with Crippen LogP contribution in [-0.2, 0) is 16.1 Å². The molecule has 1 heterocycles. The van der Waals surface area contributed by atoms with E-state index in [1.54, 1.807) is 45.0 Å². The first-order valence-corrected chi connectivity index (χ1v) is 11.0. The van der Waals surface area contributed by atoms with E-state index in [9.17, 15) is 23.9 Å². The van der Waals surface area contributed by atoms with Gasteiger partial charge in [-0.2, -0.15) is 5.26 Å². The van der Waals surface area contributed by atoms with Crippen LogP contribution in [0.25, 0.3) is 0 Å². The predicted molar refractivity (Wildman–Crippen MR) is 120 cm³/mol. The highest BCUT2D eigenvalue weighted by Gasteiger charge is 2.34. The van der Waals surface area contributed by atoms with Crippen LogP contribution in [0.15, 0.2) is 41.3 Å². The average molecular weight is 472 g/mol. The van der Waals surface area contributed by atoms with E-state index in [1.807, 2.05) is 6.07 Å². The Balaban J connectivity index is 2.00. The number of carbonyl (C=O) groups excluding carboxylic acids is 2. The van der Waals surface area contributed by atoms with Gasteiger partial charge >= 0.3 is 12.1 Å². The molecule has 0 saturated carbocycles. The molecule has 0 bridgehead atoms. The SMILES string of the molecule is CC(C)(C)OC(=O)N[C@H]1CSc2cc(F)c(C(=O)O)cc2N(Cc2ccc(C#N)cc2)C1=O. The second-order valence-electron chi connectivity index (χ2n) is 8.35. The van der Waals surface area contributed by atoms with Gasteiger partial charge in [-0.15, -0.1) is 11.8 Å². The lowest BCUT2D eigenvalue weighted by molar-refractivity contribution is -0.120. The monoisotopic (exact) mass is 471 g/mol. The Kier molecular flexibility index (Phi) is 6.93. The molecule has 0 spiro atoms. The fourth-order valence-electron chi connectivity index (χ4n) is 3.17. The van der Waals surface area contributed by atoms with E-state index in [4.69, 9.17) is 10.00 Å². The highest BCUT2D eigenvalue weighted by Crippen LogP contribution is 2.37. The fourth-order valence-corrected chi connectivity index (χ4v) is 4.24. The summed E-state index contributed by atoms with van der Waals surface area (Å²) in [4.78, 5) is 38.9. The van der Waals surface area contributed by atoms with E-state index in [0.29, 0.717) is 16.0 Å². The minimum atomic E-state index is -1.46. The van der Waals surface area contributed by atoms with Crippen molar-refractivity contribution in [3.63, 3.8) is 0 Å². The normalized spacial score (nSPS) is 15.8. The molecule has 2 amide bonds. The van der Waals surface area contributed by atoms with Crippen LogP contribution < -0.4 is 10.2 Å². The van der Waals surface area contributed by atoms with Crippen LogP contribution in [0.3, 0.4) is 0 Å². The van der Waals surface area contributed by atoms with E-state index in [0.717, 1.165) is 23.9 Å². The van der Waals surface area contributed by atoms with Gasteiger partial charge in [0.25, 0.3) is 5.91 Å². The maximum atomic E-state index is 14.4. The molecule has 2 aromatic carbocycles. The van der Waals surface area contributed by atoms with Gasteiger partial charge in [0.05, 0.1) is 29.4 Å². The molecule has 2 aromatic rings. The van der Waals surface area contributed by atoms with E-state index in [-0.39, 0.29) is 18.0 Å². The van der Waals surface area contributed by atoms with Crippen LogP contribution in [0.5, 0.6) is 0 Å². The average Bonchev–Trinajstić information content (AvgIpc) is 2.84. The standard InChI is InChI=1S/C23H22FN3O5S/c1-23(2,3)32-22(31)26-17-12-33-19-9-16(24)15(21(29)30)8-18(19)27(20(17)28)11-14-6-4-13(10-25)5-7-14/h4-9,17H,11-12H2,1-3H3,(H,26,31)(H,29,30)/t17-/m0/s1. The van der Waals surface area contributed by atoms with Crippen LogP contribution >= 0.6 is 11.8 Å². The Labute approximate surface area is 194 Å². The zero-order valence-corrected chi connectivity index (χ0v) is 19.0. The topological polar surface area (TPSA) is 120 Å². The Morgan fingerprint density at radius 2 is 1.97 bits per heavy atom. The number of nitrogens with one attached hydrogen (secondary N) is 1. The summed E-state index contributed by atoms with van der Waals surface area (Å²) in [6, 6.07) is 9.75. The van der Waals surface area contributed by atoms with Crippen LogP contribution in [0.4, 0.5) is 14.9 Å². The van der Waals surface area contributed by atoms with Gasteiger partial charge in [0.2, 0.25) is 0 Å². The molecule has 1 aliphatic heterocycles. The molecular formula is C23H22FN3O5S. The quantitative estimate of drug-likeness (QED) is 0.693. The van der Waals surface area contributed by atoms with Gasteiger partial charge in [-0.3, -0.25) is 4.79 Å². The lowest BCUT2D eigenvalue weighted by Gasteiger charge is -2.27. The van der Waals surface area contributed by atoms with Crippen LogP contribution in [0, 0.1) is 17.1 Å². The smallest absolute Gasteiger partial charge is 0.408 e. The van der Waals surface area contributed by atoms with Crippen LogP contribution in [0.1, 0.15) is 42.3 Å². The number of amides is 2. The highest BCUT2D eigenvalue weighted by atomic mass is 32.2. The van der Waals surface area contributed by atoms with Crippen molar-refractivity contribution in [1.82, 2.24) is 5.32 Å². The first-order chi connectivity index (χ1) is 15.5. The number of nitrogens with zero attached hydrogens (tertiary/aromatic N) is 2. The van der Waals surface area contributed by atoms with Crippen molar-refractivity contribution in [3.05, 3.63) is 58.9 Å². The molecule has 8 nitrogen and oxygen atoms in total. The molecule has 0 unspecified atom stereocenters. The number of aromatic carboxylic acids is 1. The number of carboxylic acids is 1. The lowest BCUT2D eigenvalue weighted by atomic mass is 10.1. The Morgan fingerprint density at radius 1 is 1.30 bits per heavy atom. The summed E-state index contributed by atoms with van der Waals surface area (Å²) < 4.78 is 19.6. The number of ether oxygens (including phenoxy) is 1. The van der Waals surface area contributed by atoms with Gasteiger partial charge in [0.15, 0.2) is 0 Å². The zero-order chi connectivity index (χ0) is 24.3. The number of thioether (sulfide) groups is 1. The molecule has 10 heteroatoms. The highest BCUT2D eigenvalue weighted by molar-refractivity contribution is 7.99. The molecule has 0 fully saturated rings. The molecule has 1 atom stereocenters. The number of hydrogen-bond acceptors (Lipinski definition) is 6. The van der Waals surface area contributed by atoms with Crippen molar-refractivity contribution in [1.29, 1.82) is 5.26 Å². The van der Waals surface area contributed by atoms with E-state index < -0.39 is 41.0 Å². The second kappa shape index (κ2) is 9.50. The lowest BCUT2D eigenvalue weighted by Crippen LogP contribution is -2.50. The maximum absolute atomic E-state index is 14.4. The summed E-state index contributed by atoms with van der Waals surface area (Å²) in [5.74, 6) is -2.78. The zero-order valence-electron chi connectivity index (χ0n) is 18.2. The molecular weight excluding hydrogens is 449 g/mol. The summed E-state index contributed by atoms with van der Waals surface area (Å²) in [5.41, 5.74) is -0.00320. The number of benzene rings is 2. The number of halogens is 1. The van der Waals surface area contributed by atoms with Crippen molar-refractivity contribution >= 4 is 35.4 Å². The first-order valence-electron chi connectivity index (χ1n) is 9.98. The molecule has 0 aromatic heterocycles. The van der Waals surface area contributed by atoms with E-state index >= 15 is 0 Å². The van der Waals surface area contributed by atoms with Crippen LogP contribution in [-0.4, -0.2) is 40.5 Å². The predicted octanol–water partition coefficient (Wildman–Crippen LogP) is 3.93. The third-order valence-corrected chi connectivity index (χ3v) is 5.79. The molecule has 0 radical (unpaired) electrons. The summed E-state index contributed by atoms with van der Waals surface area (Å²) in [6.07, 6.45) is -0.775. The summed E-state index contributed by atoms with van der Waals surface area (Å²) in [6.45, 7) is 5.10. The van der Waals surface area contributed by atoms with Gasteiger partial charge in [0.1, 0.15) is 17.5 Å². The number of hydrogen-bond donors (Lipinski definition) is 2. The largest absolute Gasteiger partial charge is 0.478 e. The fraction of sp³-hybridized carbons (Fsp3) is 0.304. The van der Waals surface area contributed by atoms with Gasteiger partial charge < -0.3 is 20.1 Å².